The fourth-order valence-electron chi connectivity index (χ4n) is 1.55. The first-order valence-electron chi connectivity index (χ1n) is 6.53. The minimum Gasteiger partial charge on any atom is -0.462 e. The lowest BCUT2D eigenvalue weighted by atomic mass is 10.1. The molecule has 1 rings (SSSR count). The second kappa shape index (κ2) is 6.85. The fraction of sp³-hybridized carbons (Fsp3) is 0.533. The quantitative estimate of drug-likeness (QED) is 0.657. The average molecular weight is 281 g/mol. The Kier molecular flexibility index (Phi) is 5.73. The van der Waals surface area contributed by atoms with Crippen molar-refractivity contribution in [1.29, 1.82) is 0 Å². The highest BCUT2D eigenvalue weighted by atomic mass is 32.2. The van der Waals surface area contributed by atoms with Crippen molar-refractivity contribution in [3.8, 4) is 0 Å². The normalized spacial score (nSPS) is 11.4. The van der Waals surface area contributed by atoms with Crippen LogP contribution in [0.15, 0.2) is 18.2 Å². The van der Waals surface area contributed by atoms with E-state index in [9.17, 15) is 4.79 Å². The van der Waals surface area contributed by atoms with Crippen molar-refractivity contribution in [2.45, 2.75) is 44.6 Å². The Balaban J connectivity index is 2.92. The molecular weight excluding hydrogens is 258 g/mol. The average Bonchev–Trinajstić information content (AvgIpc) is 2.32. The predicted molar refractivity (Wildman–Crippen MR) is 82.5 cm³/mol. The van der Waals surface area contributed by atoms with Gasteiger partial charge in [-0.2, -0.15) is 11.8 Å². The van der Waals surface area contributed by atoms with E-state index in [0.717, 1.165) is 17.7 Å². The van der Waals surface area contributed by atoms with Gasteiger partial charge in [0.15, 0.2) is 0 Å². The predicted octanol–water partition coefficient (Wildman–Crippen LogP) is 3.87. The molecule has 0 aliphatic rings. The van der Waals surface area contributed by atoms with Gasteiger partial charge in [-0.3, -0.25) is 0 Å². The van der Waals surface area contributed by atoms with Crippen LogP contribution in [0.25, 0.3) is 0 Å². The minimum atomic E-state index is -0.315. The van der Waals surface area contributed by atoms with E-state index in [1.54, 1.807) is 17.8 Å². The summed E-state index contributed by atoms with van der Waals surface area (Å²) in [5.74, 6) is 0.440. The fourth-order valence-corrected chi connectivity index (χ4v) is 2.38. The molecule has 4 heteroatoms. The molecule has 0 unspecified atom stereocenters. The molecule has 0 bridgehead atoms. The molecule has 0 amide bonds. The van der Waals surface area contributed by atoms with Crippen molar-refractivity contribution in [2.75, 3.05) is 12.3 Å². The summed E-state index contributed by atoms with van der Waals surface area (Å²) in [6.07, 6.45) is 0.810. The number of ether oxygens (including phenoxy) is 1. The molecule has 0 radical (unpaired) electrons. The molecule has 0 fully saturated rings. The summed E-state index contributed by atoms with van der Waals surface area (Å²) in [7, 11) is 0. The first kappa shape index (κ1) is 15.9. The van der Waals surface area contributed by atoms with Crippen LogP contribution in [0, 0.1) is 0 Å². The number of nitrogens with two attached hydrogens (primary N) is 1. The molecule has 0 heterocycles. The molecule has 0 atom stereocenters. The van der Waals surface area contributed by atoms with Gasteiger partial charge in [-0.05, 0) is 18.1 Å². The summed E-state index contributed by atoms with van der Waals surface area (Å²) in [6.45, 7) is 8.86. The standard InChI is InChI=1S/C15H23NO2S/c1-5-9-18-14(17)13-11(7-6-8-12(13)16)10-19-15(2,3)4/h6-8H,5,9-10,16H2,1-4H3. The van der Waals surface area contributed by atoms with Crippen molar-refractivity contribution in [2.24, 2.45) is 0 Å². The summed E-state index contributed by atoms with van der Waals surface area (Å²) >= 11 is 1.79. The van der Waals surface area contributed by atoms with Crippen LogP contribution in [0.3, 0.4) is 0 Å². The van der Waals surface area contributed by atoms with Crippen LogP contribution in [0.2, 0.25) is 0 Å². The lowest BCUT2D eigenvalue weighted by Gasteiger charge is -2.19. The van der Waals surface area contributed by atoms with E-state index in [4.69, 9.17) is 10.5 Å². The second-order valence-electron chi connectivity index (χ2n) is 5.42. The summed E-state index contributed by atoms with van der Waals surface area (Å²) in [6, 6.07) is 5.57. The van der Waals surface area contributed by atoms with Gasteiger partial charge in [0.2, 0.25) is 0 Å². The van der Waals surface area contributed by atoms with Crippen LogP contribution >= 0.6 is 11.8 Å². The van der Waals surface area contributed by atoms with E-state index in [1.165, 1.54) is 0 Å². The Morgan fingerprint density at radius 1 is 1.37 bits per heavy atom. The number of thioether (sulfide) groups is 1. The maximum atomic E-state index is 12.1. The monoisotopic (exact) mass is 281 g/mol. The van der Waals surface area contributed by atoms with E-state index < -0.39 is 0 Å². The van der Waals surface area contributed by atoms with Crippen LogP contribution in [0.1, 0.15) is 50.0 Å². The lowest BCUT2D eigenvalue weighted by Crippen LogP contribution is -2.13. The van der Waals surface area contributed by atoms with Gasteiger partial charge in [0, 0.05) is 16.2 Å². The van der Waals surface area contributed by atoms with E-state index in [0.29, 0.717) is 17.9 Å². The van der Waals surface area contributed by atoms with Gasteiger partial charge in [0.05, 0.1) is 12.2 Å². The molecule has 19 heavy (non-hydrogen) atoms. The van der Waals surface area contributed by atoms with E-state index >= 15 is 0 Å². The first-order valence-corrected chi connectivity index (χ1v) is 7.52. The zero-order valence-corrected chi connectivity index (χ0v) is 13.0. The molecule has 0 saturated carbocycles. The van der Waals surface area contributed by atoms with Crippen LogP contribution in [-0.4, -0.2) is 17.3 Å². The van der Waals surface area contributed by atoms with Crippen molar-refractivity contribution in [3.63, 3.8) is 0 Å². The van der Waals surface area contributed by atoms with Crippen LogP contribution < -0.4 is 5.73 Å². The van der Waals surface area contributed by atoms with Crippen molar-refractivity contribution in [1.82, 2.24) is 0 Å². The van der Waals surface area contributed by atoms with Crippen LogP contribution in [-0.2, 0) is 10.5 Å². The molecule has 1 aromatic carbocycles. The van der Waals surface area contributed by atoms with E-state index in [2.05, 4.69) is 20.8 Å². The van der Waals surface area contributed by atoms with Crippen LogP contribution in [0.5, 0.6) is 0 Å². The minimum absolute atomic E-state index is 0.148. The highest BCUT2D eigenvalue weighted by Gasteiger charge is 2.18. The third-order valence-electron chi connectivity index (χ3n) is 2.49. The molecule has 0 saturated heterocycles. The molecule has 106 valence electrons. The largest absolute Gasteiger partial charge is 0.462 e. The molecule has 3 nitrogen and oxygen atoms in total. The number of anilines is 1. The smallest absolute Gasteiger partial charge is 0.340 e. The van der Waals surface area contributed by atoms with Crippen molar-refractivity contribution >= 4 is 23.4 Å². The Hall–Kier alpha value is -1.16. The SMILES string of the molecule is CCCOC(=O)c1c(N)cccc1CSC(C)(C)C. The van der Waals surface area contributed by atoms with Gasteiger partial charge in [-0.15, -0.1) is 0 Å². The highest BCUT2D eigenvalue weighted by Crippen LogP contribution is 2.30. The summed E-state index contributed by atoms with van der Waals surface area (Å²) in [5, 5.41) is 0. The van der Waals surface area contributed by atoms with Crippen molar-refractivity contribution < 1.29 is 9.53 Å². The van der Waals surface area contributed by atoms with Gasteiger partial charge in [0.1, 0.15) is 0 Å². The van der Waals surface area contributed by atoms with Crippen molar-refractivity contribution in [3.05, 3.63) is 29.3 Å². The maximum absolute atomic E-state index is 12.1. The van der Waals surface area contributed by atoms with E-state index in [1.807, 2.05) is 19.1 Å². The number of nitrogen functional groups attached to an aromatic ring is 1. The van der Waals surface area contributed by atoms with Gasteiger partial charge in [-0.25, -0.2) is 4.79 Å². The number of hydrogen-bond donors (Lipinski definition) is 1. The lowest BCUT2D eigenvalue weighted by molar-refractivity contribution is 0.0505. The third-order valence-corrected chi connectivity index (χ3v) is 3.81. The van der Waals surface area contributed by atoms with Gasteiger partial charge in [-0.1, -0.05) is 39.8 Å². The second-order valence-corrected chi connectivity index (χ2v) is 7.22. The Bertz CT molecular complexity index is 438. The Labute approximate surface area is 119 Å². The zero-order valence-electron chi connectivity index (χ0n) is 12.2. The molecule has 0 aliphatic heterocycles. The first-order chi connectivity index (χ1) is 8.85. The summed E-state index contributed by atoms with van der Waals surface area (Å²) in [5.41, 5.74) is 7.88. The summed E-state index contributed by atoms with van der Waals surface area (Å²) < 4.78 is 5.35. The number of benzene rings is 1. The summed E-state index contributed by atoms with van der Waals surface area (Å²) in [4.78, 5) is 12.1. The Morgan fingerprint density at radius 3 is 2.63 bits per heavy atom. The molecular formula is C15H23NO2S. The molecule has 0 spiro atoms. The topological polar surface area (TPSA) is 52.3 Å². The molecule has 0 aliphatic carbocycles. The third kappa shape index (κ3) is 5.15. The highest BCUT2D eigenvalue weighted by molar-refractivity contribution is 7.99. The molecule has 2 N–H and O–H groups in total. The van der Waals surface area contributed by atoms with Gasteiger partial charge >= 0.3 is 5.97 Å². The zero-order chi connectivity index (χ0) is 14.5. The van der Waals surface area contributed by atoms with Gasteiger partial charge < -0.3 is 10.5 Å². The molecule has 0 aromatic heterocycles. The number of esters is 1. The number of carbonyl (C=O) groups excluding carboxylic acids is 1. The Morgan fingerprint density at radius 2 is 2.05 bits per heavy atom. The maximum Gasteiger partial charge on any atom is 0.340 e. The van der Waals surface area contributed by atoms with E-state index in [-0.39, 0.29) is 10.7 Å². The number of rotatable bonds is 5. The van der Waals surface area contributed by atoms with Crippen LogP contribution in [0.4, 0.5) is 5.69 Å². The molecule has 1 aromatic rings. The number of hydrogen-bond acceptors (Lipinski definition) is 4. The van der Waals surface area contributed by atoms with Gasteiger partial charge in [0.25, 0.3) is 0 Å². The number of carbonyl (C=O) groups is 1.